The molecule has 0 fully saturated rings. The van der Waals surface area contributed by atoms with E-state index in [0.717, 1.165) is 0 Å². The highest BCUT2D eigenvalue weighted by Crippen LogP contribution is 2.15. The van der Waals surface area contributed by atoms with E-state index in [9.17, 15) is 12.9 Å². The summed E-state index contributed by atoms with van der Waals surface area (Å²) in [6.45, 7) is -1.03. The second-order valence-electron chi connectivity index (χ2n) is 3.30. The highest BCUT2D eigenvalue weighted by molar-refractivity contribution is 6.57. The second kappa shape index (κ2) is 3.43. The van der Waals surface area contributed by atoms with Crippen LogP contribution < -0.4 is 0 Å². The summed E-state index contributed by atoms with van der Waals surface area (Å²) in [7, 11) is 0. The average molecular weight is 191 g/mol. The van der Waals surface area contributed by atoms with E-state index in [4.69, 9.17) is 0 Å². The van der Waals surface area contributed by atoms with Crippen LogP contribution in [0.2, 0.25) is 0 Å². The molecule has 0 aromatic carbocycles. The molecule has 1 rings (SSSR count). The van der Waals surface area contributed by atoms with Crippen LogP contribution in [0.3, 0.4) is 0 Å². The zero-order valence-electron chi connectivity index (χ0n) is 7.54. The Morgan fingerprint density at radius 2 is 2.08 bits per heavy atom. The van der Waals surface area contributed by atoms with Crippen LogP contribution in [-0.2, 0) is 6.32 Å². The van der Waals surface area contributed by atoms with Gasteiger partial charge in [0.2, 0.25) is 0 Å². The van der Waals surface area contributed by atoms with E-state index in [1.807, 2.05) is 13.8 Å². The fourth-order valence-corrected chi connectivity index (χ4v) is 1.01. The Bertz CT molecular complexity index is 280. The molecule has 74 valence electrons. The minimum Gasteiger partial charge on any atom is -0.449 e. The monoisotopic (exact) mass is 191 g/mol. The molecule has 0 radical (unpaired) electrons. The van der Waals surface area contributed by atoms with Crippen molar-refractivity contribution in [2.45, 2.75) is 26.2 Å². The zero-order chi connectivity index (χ0) is 10.1. The molecule has 1 aromatic heterocycles. The topological polar surface area (TPSA) is 17.8 Å². The van der Waals surface area contributed by atoms with Crippen molar-refractivity contribution >= 4 is 6.98 Å². The van der Waals surface area contributed by atoms with Crippen molar-refractivity contribution in [3.8, 4) is 0 Å². The smallest absolute Gasteiger partial charge is 0.449 e. The van der Waals surface area contributed by atoms with E-state index in [1.165, 1.54) is 10.7 Å². The molecule has 0 saturated carbocycles. The molecule has 0 unspecified atom stereocenters. The number of hydrogen-bond acceptors (Lipinski definition) is 1. The van der Waals surface area contributed by atoms with Gasteiger partial charge >= 0.3 is 6.98 Å². The average Bonchev–Trinajstić information content (AvgIpc) is 2.31. The van der Waals surface area contributed by atoms with Gasteiger partial charge in [0.25, 0.3) is 0 Å². The number of aromatic nitrogens is 2. The van der Waals surface area contributed by atoms with Crippen molar-refractivity contribution in [1.82, 2.24) is 9.78 Å². The molecule has 0 saturated heterocycles. The molecule has 0 atom stereocenters. The van der Waals surface area contributed by atoms with Crippen LogP contribution in [0.15, 0.2) is 12.3 Å². The first-order valence-corrected chi connectivity index (χ1v) is 4.13. The van der Waals surface area contributed by atoms with Gasteiger partial charge in [-0.3, -0.25) is 4.68 Å². The predicted molar refractivity (Wildman–Crippen MR) is 45.4 cm³/mol. The number of halogens is 3. The molecule has 0 N–H and O–H groups in total. The Kier molecular flexibility index (Phi) is 2.68. The summed E-state index contributed by atoms with van der Waals surface area (Å²) in [6, 6.07) is 1.52. The molecular formula is C7H11BF3N2-. The lowest BCUT2D eigenvalue weighted by Gasteiger charge is -2.11. The van der Waals surface area contributed by atoms with Gasteiger partial charge in [-0.15, -0.1) is 0 Å². The number of rotatable bonds is 3. The Labute approximate surface area is 74.8 Å². The van der Waals surface area contributed by atoms with Crippen molar-refractivity contribution in [3.05, 3.63) is 18.0 Å². The Morgan fingerprint density at radius 1 is 1.46 bits per heavy atom. The Balaban J connectivity index is 2.70. The summed E-state index contributed by atoms with van der Waals surface area (Å²) in [4.78, 5) is 0. The van der Waals surface area contributed by atoms with Crippen LogP contribution >= 0.6 is 0 Å². The van der Waals surface area contributed by atoms with Gasteiger partial charge in [0.1, 0.15) is 0 Å². The molecule has 0 aliphatic carbocycles. The van der Waals surface area contributed by atoms with Crippen LogP contribution in [0, 0.1) is 0 Å². The minimum atomic E-state index is -4.77. The third kappa shape index (κ3) is 3.12. The third-order valence-corrected chi connectivity index (χ3v) is 1.63. The van der Waals surface area contributed by atoms with Gasteiger partial charge in [0.15, 0.2) is 0 Å². The van der Waals surface area contributed by atoms with Crippen molar-refractivity contribution in [2.24, 2.45) is 0 Å². The van der Waals surface area contributed by atoms with Crippen LogP contribution in [0.1, 0.15) is 25.6 Å². The van der Waals surface area contributed by atoms with Crippen molar-refractivity contribution in [2.75, 3.05) is 0 Å². The van der Waals surface area contributed by atoms with Gasteiger partial charge in [0, 0.05) is 17.9 Å². The molecule has 0 bridgehead atoms. The molecule has 1 heterocycles. The summed E-state index contributed by atoms with van der Waals surface area (Å²) in [6.07, 6.45) is 0.682. The number of hydrogen-bond donors (Lipinski definition) is 0. The molecule has 0 aliphatic rings. The van der Waals surface area contributed by atoms with Gasteiger partial charge in [-0.2, -0.15) is 5.10 Å². The van der Waals surface area contributed by atoms with Crippen molar-refractivity contribution in [1.29, 1.82) is 0 Å². The van der Waals surface area contributed by atoms with Gasteiger partial charge in [0.05, 0.1) is 0 Å². The van der Waals surface area contributed by atoms with Gasteiger partial charge in [-0.25, -0.2) is 0 Å². The SMILES string of the molecule is CC(C)n1ccc(C[B-](F)(F)F)n1. The first-order chi connectivity index (χ1) is 5.88. The van der Waals surface area contributed by atoms with E-state index >= 15 is 0 Å². The normalized spacial score (nSPS) is 12.5. The Hall–Kier alpha value is -0.935. The largest absolute Gasteiger partial charge is 0.484 e. The molecule has 13 heavy (non-hydrogen) atoms. The van der Waals surface area contributed by atoms with Crippen LogP contribution in [0.5, 0.6) is 0 Å². The molecular weight excluding hydrogens is 180 g/mol. The van der Waals surface area contributed by atoms with E-state index in [2.05, 4.69) is 5.10 Å². The van der Waals surface area contributed by atoms with E-state index in [1.54, 1.807) is 6.20 Å². The van der Waals surface area contributed by atoms with Crippen LogP contribution in [-0.4, -0.2) is 16.8 Å². The van der Waals surface area contributed by atoms with Crippen molar-refractivity contribution in [3.63, 3.8) is 0 Å². The third-order valence-electron chi connectivity index (χ3n) is 1.63. The molecule has 0 spiro atoms. The highest BCUT2D eigenvalue weighted by Gasteiger charge is 2.24. The van der Waals surface area contributed by atoms with E-state index < -0.39 is 13.3 Å². The van der Waals surface area contributed by atoms with Crippen molar-refractivity contribution < 1.29 is 12.9 Å². The minimum absolute atomic E-state index is 0.0983. The van der Waals surface area contributed by atoms with E-state index in [0.29, 0.717) is 0 Å². The molecule has 1 aromatic rings. The number of nitrogens with zero attached hydrogens (tertiary/aromatic N) is 2. The van der Waals surface area contributed by atoms with Gasteiger partial charge < -0.3 is 12.9 Å². The molecule has 0 aliphatic heterocycles. The summed E-state index contributed by atoms with van der Waals surface area (Å²) in [5, 5.41) is 3.81. The fraction of sp³-hybridized carbons (Fsp3) is 0.571. The molecule has 0 amide bonds. The van der Waals surface area contributed by atoms with Crippen LogP contribution in [0.25, 0.3) is 0 Å². The van der Waals surface area contributed by atoms with Gasteiger partial charge in [-0.05, 0) is 26.2 Å². The van der Waals surface area contributed by atoms with Crippen LogP contribution in [0.4, 0.5) is 12.9 Å². The maximum atomic E-state index is 12.0. The molecule has 2 nitrogen and oxygen atoms in total. The zero-order valence-corrected chi connectivity index (χ0v) is 7.54. The summed E-state index contributed by atoms with van der Waals surface area (Å²) in [5.74, 6) is 0. The van der Waals surface area contributed by atoms with Gasteiger partial charge in [-0.1, -0.05) is 0 Å². The highest BCUT2D eigenvalue weighted by atomic mass is 19.4. The lowest BCUT2D eigenvalue weighted by atomic mass is 9.84. The lowest BCUT2D eigenvalue weighted by Crippen LogP contribution is -2.20. The molecule has 6 heteroatoms. The summed E-state index contributed by atoms with van der Waals surface area (Å²) in [5.41, 5.74) is 0.0983. The maximum Gasteiger partial charge on any atom is 0.484 e. The summed E-state index contributed by atoms with van der Waals surface area (Å²) >= 11 is 0. The second-order valence-corrected chi connectivity index (χ2v) is 3.30. The maximum absolute atomic E-state index is 12.0. The fourth-order valence-electron chi connectivity index (χ4n) is 1.01. The summed E-state index contributed by atoms with van der Waals surface area (Å²) < 4.78 is 37.4. The Morgan fingerprint density at radius 3 is 2.46 bits per heavy atom. The quantitative estimate of drug-likeness (QED) is 0.670. The lowest BCUT2D eigenvalue weighted by molar-refractivity contribution is 0.463. The standard InChI is InChI=1S/C7H11BF3N2/c1-6(2)13-4-3-7(12-13)5-8(9,10)11/h3-4,6H,5H2,1-2H3/q-1. The first kappa shape index (κ1) is 10.1. The van der Waals surface area contributed by atoms with E-state index in [-0.39, 0.29) is 11.7 Å². The first-order valence-electron chi connectivity index (χ1n) is 4.13. The predicted octanol–water partition coefficient (Wildman–Crippen LogP) is 2.39.